The summed E-state index contributed by atoms with van der Waals surface area (Å²) in [5.74, 6) is -0.630. The Morgan fingerprint density at radius 1 is 1.32 bits per heavy atom. The maximum absolute atomic E-state index is 11.5. The average Bonchev–Trinajstić information content (AvgIpc) is 2.37. The zero-order chi connectivity index (χ0) is 14.0. The van der Waals surface area contributed by atoms with Gasteiger partial charge in [-0.15, -0.1) is 11.6 Å². The minimum atomic E-state index is -1.16. The van der Waals surface area contributed by atoms with Gasteiger partial charge in [0, 0.05) is 5.88 Å². The molecule has 0 amide bonds. The number of rotatable bonds is 4. The summed E-state index contributed by atoms with van der Waals surface area (Å²) < 4.78 is 4.40. The van der Waals surface area contributed by atoms with Crippen molar-refractivity contribution in [3.05, 3.63) is 44.7 Å². The van der Waals surface area contributed by atoms with Crippen molar-refractivity contribution in [2.45, 2.75) is 18.6 Å². The Bertz CT molecular complexity index is 692. The second-order valence-electron chi connectivity index (χ2n) is 4.10. The number of benzene rings is 1. The van der Waals surface area contributed by atoms with Crippen LogP contribution in [0.2, 0.25) is 0 Å². The van der Waals surface area contributed by atoms with Crippen molar-refractivity contribution in [1.29, 1.82) is 0 Å². The second kappa shape index (κ2) is 5.56. The van der Waals surface area contributed by atoms with Crippen LogP contribution in [0.15, 0.2) is 32.2 Å². The van der Waals surface area contributed by atoms with Crippen molar-refractivity contribution in [2.75, 3.05) is 5.88 Å². The van der Waals surface area contributed by atoms with E-state index in [1.54, 1.807) is 0 Å². The molecule has 0 fully saturated rings. The molecule has 2 aromatic rings. The van der Waals surface area contributed by atoms with Gasteiger partial charge in [-0.1, -0.05) is 6.07 Å². The second-order valence-corrected chi connectivity index (χ2v) is 4.47. The molecular weight excluding hydrogens is 274 g/mol. The van der Waals surface area contributed by atoms with Gasteiger partial charge in [0.05, 0.1) is 17.0 Å². The van der Waals surface area contributed by atoms with Gasteiger partial charge in [-0.05, 0) is 24.1 Å². The van der Waals surface area contributed by atoms with E-state index in [1.165, 1.54) is 18.2 Å². The van der Waals surface area contributed by atoms with E-state index in [0.717, 1.165) is 0 Å². The fourth-order valence-electron chi connectivity index (χ4n) is 1.79. The molecule has 0 aliphatic rings. The Hall–Kier alpha value is -1.63. The van der Waals surface area contributed by atoms with Gasteiger partial charge in [0.2, 0.25) is 0 Å². The predicted molar refractivity (Wildman–Crippen MR) is 69.4 cm³/mol. The summed E-state index contributed by atoms with van der Waals surface area (Å²) in [6, 6.07) is 4.36. The highest BCUT2D eigenvalue weighted by atomic mass is 35.5. The van der Waals surface area contributed by atoms with Crippen molar-refractivity contribution in [3.63, 3.8) is 0 Å². The molecule has 0 saturated carbocycles. The highest BCUT2D eigenvalue weighted by Gasteiger charge is 2.18. The monoisotopic (exact) mass is 285 g/mol. The topological polar surface area (TPSA) is 104 Å². The van der Waals surface area contributed by atoms with Crippen LogP contribution in [0.3, 0.4) is 0 Å². The molecule has 3 N–H and O–H groups in total. The van der Waals surface area contributed by atoms with E-state index in [9.17, 15) is 19.8 Å². The molecule has 0 radical (unpaired) electrons. The summed E-state index contributed by atoms with van der Waals surface area (Å²) >= 11 is 5.49. The SMILES string of the molecule is O=c1[nH]c2ccc(C(O)C(O)CCCl)cc2c(=O)o1. The Kier molecular flexibility index (Phi) is 4.04. The summed E-state index contributed by atoms with van der Waals surface area (Å²) in [6.45, 7) is 0. The first-order chi connectivity index (χ1) is 9.02. The van der Waals surface area contributed by atoms with E-state index in [0.29, 0.717) is 11.1 Å². The van der Waals surface area contributed by atoms with Crippen LogP contribution in [-0.4, -0.2) is 27.2 Å². The van der Waals surface area contributed by atoms with Crippen LogP contribution in [0.25, 0.3) is 10.9 Å². The van der Waals surface area contributed by atoms with Gasteiger partial charge in [0.25, 0.3) is 0 Å². The lowest BCUT2D eigenvalue weighted by atomic mass is 10.0. The first kappa shape index (κ1) is 13.8. The van der Waals surface area contributed by atoms with E-state index < -0.39 is 23.6 Å². The molecule has 102 valence electrons. The molecular formula is C12H12ClNO5. The zero-order valence-electron chi connectivity index (χ0n) is 9.80. The summed E-state index contributed by atoms with van der Waals surface area (Å²) in [5.41, 5.74) is -0.131. The molecule has 0 aliphatic carbocycles. The average molecular weight is 286 g/mol. The third-order valence-electron chi connectivity index (χ3n) is 2.80. The molecule has 2 rings (SSSR count). The molecule has 0 saturated heterocycles. The quantitative estimate of drug-likeness (QED) is 0.710. The lowest BCUT2D eigenvalue weighted by molar-refractivity contribution is 0.0170. The molecule has 0 spiro atoms. The number of hydrogen-bond acceptors (Lipinski definition) is 5. The maximum Gasteiger partial charge on any atom is 0.419 e. The number of nitrogens with one attached hydrogen (secondary N) is 1. The normalized spacial score (nSPS) is 14.5. The number of H-pyrrole nitrogens is 1. The number of aromatic amines is 1. The van der Waals surface area contributed by atoms with Gasteiger partial charge in [-0.2, -0.15) is 0 Å². The molecule has 0 bridgehead atoms. The van der Waals surface area contributed by atoms with Crippen molar-refractivity contribution < 1.29 is 14.6 Å². The van der Waals surface area contributed by atoms with Crippen LogP contribution in [-0.2, 0) is 0 Å². The summed E-state index contributed by atoms with van der Waals surface area (Å²) in [4.78, 5) is 24.9. The fourth-order valence-corrected chi connectivity index (χ4v) is 2.01. The minimum absolute atomic E-state index is 0.134. The third-order valence-corrected chi connectivity index (χ3v) is 3.01. The molecule has 1 heterocycles. The number of aliphatic hydroxyl groups excluding tert-OH is 2. The van der Waals surface area contributed by atoms with Crippen molar-refractivity contribution in [2.24, 2.45) is 0 Å². The van der Waals surface area contributed by atoms with E-state index in [4.69, 9.17) is 11.6 Å². The fraction of sp³-hybridized carbons (Fsp3) is 0.333. The first-order valence-corrected chi connectivity index (χ1v) is 6.15. The Balaban J connectivity index is 2.47. The third kappa shape index (κ3) is 2.86. The lowest BCUT2D eigenvalue weighted by Crippen LogP contribution is -2.19. The van der Waals surface area contributed by atoms with Crippen molar-refractivity contribution >= 4 is 22.5 Å². The number of hydrogen-bond donors (Lipinski definition) is 3. The van der Waals surface area contributed by atoms with Gasteiger partial charge >= 0.3 is 11.4 Å². The highest BCUT2D eigenvalue weighted by molar-refractivity contribution is 6.17. The smallest absolute Gasteiger partial charge is 0.390 e. The van der Waals surface area contributed by atoms with Crippen LogP contribution in [0, 0.1) is 0 Å². The molecule has 19 heavy (non-hydrogen) atoms. The van der Waals surface area contributed by atoms with Crippen molar-refractivity contribution in [3.8, 4) is 0 Å². The van der Waals surface area contributed by atoms with Crippen LogP contribution in [0.5, 0.6) is 0 Å². The molecule has 7 heteroatoms. The van der Waals surface area contributed by atoms with Gasteiger partial charge in [0.15, 0.2) is 0 Å². The highest BCUT2D eigenvalue weighted by Crippen LogP contribution is 2.21. The molecule has 1 aromatic carbocycles. The Morgan fingerprint density at radius 2 is 2.05 bits per heavy atom. The van der Waals surface area contributed by atoms with Crippen LogP contribution < -0.4 is 11.4 Å². The van der Waals surface area contributed by atoms with Gasteiger partial charge < -0.3 is 14.6 Å². The van der Waals surface area contributed by atoms with Gasteiger partial charge in [-0.25, -0.2) is 9.59 Å². The van der Waals surface area contributed by atoms with E-state index in [1.807, 2.05) is 0 Å². The van der Waals surface area contributed by atoms with Crippen LogP contribution >= 0.6 is 11.6 Å². The molecule has 6 nitrogen and oxygen atoms in total. The van der Waals surface area contributed by atoms with Gasteiger partial charge in [0.1, 0.15) is 6.10 Å². The standard InChI is InChI=1S/C12H12ClNO5/c13-4-3-9(15)10(16)6-1-2-8-7(5-6)11(17)19-12(18)14-8/h1-2,5,9-10,15-16H,3-4H2,(H,14,18). The Morgan fingerprint density at radius 3 is 2.74 bits per heavy atom. The predicted octanol–water partition coefficient (Wildman–Crippen LogP) is 0.504. The maximum atomic E-state index is 11.5. The lowest BCUT2D eigenvalue weighted by Gasteiger charge is -2.17. The largest absolute Gasteiger partial charge is 0.419 e. The number of alkyl halides is 1. The number of halogens is 1. The summed E-state index contributed by atoms with van der Waals surface area (Å²) in [5, 5.41) is 19.7. The number of aromatic nitrogens is 1. The molecule has 2 unspecified atom stereocenters. The van der Waals surface area contributed by atoms with Gasteiger partial charge in [-0.3, -0.25) is 4.98 Å². The van der Waals surface area contributed by atoms with E-state index >= 15 is 0 Å². The van der Waals surface area contributed by atoms with E-state index in [2.05, 4.69) is 9.40 Å². The van der Waals surface area contributed by atoms with E-state index in [-0.39, 0.29) is 17.7 Å². The minimum Gasteiger partial charge on any atom is -0.390 e. The summed E-state index contributed by atoms with van der Waals surface area (Å²) in [6.07, 6.45) is -1.96. The first-order valence-electron chi connectivity index (χ1n) is 5.62. The number of fused-ring (bicyclic) bond motifs is 1. The van der Waals surface area contributed by atoms with Crippen LogP contribution in [0.4, 0.5) is 0 Å². The van der Waals surface area contributed by atoms with Crippen LogP contribution in [0.1, 0.15) is 18.1 Å². The van der Waals surface area contributed by atoms with Crippen molar-refractivity contribution in [1.82, 2.24) is 4.98 Å². The molecule has 2 atom stereocenters. The number of aliphatic hydroxyl groups is 2. The molecule has 1 aromatic heterocycles. The summed E-state index contributed by atoms with van der Waals surface area (Å²) in [7, 11) is 0. The Labute approximate surface area is 112 Å². The molecule has 0 aliphatic heterocycles. The zero-order valence-corrected chi connectivity index (χ0v) is 10.6.